The third kappa shape index (κ3) is 3.96. The number of rotatable bonds is 3. The minimum Gasteiger partial charge on any atom is -0.456 e. The lowest BCUT2D eigenvalue weighted by molar-refractivity contribution is 0.664. The van der Waals surface area contributed by atoms with Crippen molar-refractivity contribution in [2.24, 2.45) is 0 Å². The van der Waals surface area contributed by atoms with E-state index in [-0.39, 0.29) is 0 Å². The van der Waals surface area contributed by atoms with E-state index in [1.54, 1.807) is 0 Å². The minimum atomic E-state index is 0.870. The summed E-state index contributed by atoms with van der Waals surface area (Å²) in [4.78, 5) is 0. The van der Waals surface area contributed by atoms with Crippen LogP contribution in [0.1, 0.15) is 0 Å². The molecule has 0 fully saturated rings. The summed E-state index contributed by atoms with van der Waals surface area (Å²) in [7, 11) is 0. The van der Waals surface area contributed by atoms with Gasteiger partial charge in [0.05, 0.1) is 0 Å². The molecule has 50 heavy (non-hydrogen) atoms. The first-order valence-corrected chi connectivity index (χ1v) is 17.1. The van der Waals surface area contributed by atoms with Gasteiger partial charge in [-0.2, -0.15) is 0 Å². The summed E-state index contributed by atoms with van der Waals surface area (Å²) in [5, 5.41) is 11.8. The van der Waals surface area contributed by atoms with Crippen LogP contribution in [0.4, 0.5) is 0 Å². The zero-order valence-corrected chi connectivity index (χ0v) is 27.0. The first kappa shape index (κ1) is 27.3. The van der Waals surface area contributed by atoms with Crippen molar-refractivity contribution in [3.63, 3.8) is 0 Å². The molecule has 0 aliphatic heterocycles. The second-order valence-electron chi connectivity index (χ2n) is 13.2. The third-order valence-corrected chi connectivity index (χ3v) is 10.4. The molecule has 2 heterocycles. The molecule has 9 aromatic carbocycles. The average molecular weight is 637 g/mol. The maximum atomic E-state index is 6.52. The van der Waals surface area contributed by atoms with Gasteiger partial charge in [0.1, 0.15) is 22.3 Å². The number of furan rings is 2. The highest BCUT2D eigenvalue weighted by Gasteiger charge is 2.19. The second kappa shape index (κ2) is 10.4. The zero-order chi connectivity index (χ0) is 32.8. The van der Waals surface area contributed by atoms with Crippen molar-refractivity contribution < 1.29 is 8.83 Å². The number of hydrogen-bond donors (Lipinski definition) is 0. The number of fused-ring (bicyclic) bond motifs is 9. The predicted molar refractivity (Wildman–Crippen MR) is 210 cm³/mol. The van der Waals surface area contributed by atoms with Gasteiger partial charge in [0, 0.05) is 21.5 Å². The Bertz CT molecular complexity index is 3090. The summed E-state index contributed by atoms with van der Waals surface area (Å²) in [6, 6.07) is 61.0. The fraction of sp³-hybridized carbons (Fsp3) is 0. The molecule has 0 radical (unpaired) electrons. The molecule has 0 aliphatic rings. The summed E-state index contributed by atoms with van der Waals surface area (Å²) in [6.07, 6.45) is 0. The standard InChI is InChI=1S/C48H28O2/c1-2-15-33-29(11-1)12-10-21-36(33)48-39-19-5-3-17-37(39)47(38-18-4-6-20-40(38)48)32-14-9-13-30(25-32)31-23-24-35-42-28-45-41(27-46(42)50-44(35)26-31)34-16-7-8-22-43(34)49-45/h1-28H. The molecule has 0 amide bonds. The van der Waals surface area contributed by atoms with Crippen LogP contribution in [0.2, 0.25) is 0 Å². The number of para-hydroxylation sites is 1. The van der Waals surface area contributed by atoms with Crippen molar-refractivity contribution in [2.45, 2.75) is 0 Å². The normalized spacial score (nSPS) is 12.0. The summed E-state index contributed by atoms with van der Waals surface area (Å²) in [6.45, 7) is 0. The Morgan fingerprint density at radius 3 is 1.50 bits per heavy atom. The molecule has 2 heteroatoms. The van der Waals surface area contributed by atoms with Gasteiger partial charge >= 0.3 is 0 Å². The first-order chi connectivity index (χ1) is 24.8. The van der Waals surface area contributed by atoms with E-state index in [0.717, 1.165) is 55.0 Å². The maximum absolute atomic E-state index is 6.52. The molecule has 0 unspecified atom stereocenters. The van der Waals surface area contributed by atoms with Gasteiger partial charge in [0.2, 0.25) is 0 Å². The largest absolute Gasteiger partial charge is 0.456 e. The van der Waals surface area contributed by atoms with Crippen LogP contribution in [0.25, 0.3) is 110 Å². The van der Waals surface area contributed by atoms with Crippen molar-refractivity contribution in [3.8, 4) is 33.4 Å². The zero-order valence-electron chi connectivity index (χ0n) is 27.0. The Hall–Kier alpha value is -6.64. The van der Waals surface area contributed by atoms with Crippen LogP contribution in [0.15, 0.2) is 179 Å². The highest BCUT2D eigenvalue weighted by atomic mass is 16.3. The average Bonchev–Trinajstić information content (AvgIpc) is 3.72. The van der Waals surface area contributed by atoms with Gasteiger partial charge in [0.25, 0.3) is 0 Å². The van der Waals surface area contributed by atoms with Gasteiger partial charge in [-0.25, -0.2) is 0 Å². The van der Waals surface area contributed by atoms with Crippen molar-refractivity contribution in [1.82, 2.24) is 0 Å². The van der Waals surface area contributed by atoms with Crippen LogP contribution in [-0.2, 0) is 0 Å². The van der Waals surface area contributed by atoms with Gasteiger partial charge in [0.15, 0.2) is 0 Å². The summed E-state index contributed by atoms with van der Waals surface area (Å²) in [5.41, 5.74) is 10.8. The molecule has 2 nitrogen and oxygen atoms in total. The summed E-state index contributed by atoms with van der Waals surface area (Å²) >= 11 is 0. The summed E-state index contributed by atoms with van der Waals surface area (Å²) < 4.78 is 12.7. The Balaban J connectivity index is 1.10. The van der Waals surface area contributed by atoms with Crippen LogP contribution in [-0.4, -0.2) is 0 Å². The number of hydrogen-bond acceptors (Lipinski definition) is 2. The first-order valence-electron chi connectivity index (χ1n) is 17.1. The van der Waals surface area contributed by atoms with E-state index >= 15 is 0 Å². The van der Waals surface area contributed by atoms with Crippen LogP contribution >= 0.6 is 0 Å². The third-order valence-electron chi connectivity index (χ3n) is 10.4. The monoisotopic (exact) mass is 636 g/mol. The second-order valence-corrected chi connectivity index (χ2v) is 13.2. The number of benzene rings is 9. The lowest BCUT2D eigenvalue weighted by atomic mass is 9.84. The summed E-state index contributed by atoms with van der Waals surface area (Å²) in [5.74, 6) is 0. The Morgan fingerprint density at radius 2 is 0.760 bits per heavy atom. The van der Waals surface area contributed by atoms with Gasteiger partial charge in [-0.3, -0.25) is 0 Å². The topological polar surface area (TPSA) is 26.3 Å². The molecule has 0 saturated heterocycles. The smallest absolute Gasteiger partial charge is 0.136 e. The van der Waals surface area contributed by atoms with E-state index in [1.807, 2.05) is 18.2 Å². The molecule has 0 atom stereocenters. The van der Waals surface area contributed by atoms with Crippen LogP contribution in [0, 0.1) is 0 Å². The molecular weight excluding hydrogens is 609 g/mol. The van der Waals surface area contributed by atoms with Crippen molar-refractivity contribution in [2.75, 3.05) is 0 Å². The van der Waals surface area contributed by atoms with E-state index < -0.39 is 0 Å². The molecule has 11 rings (SSSR count). The fourth-order valence-electron chi connectivity index (χ4n) is 8.20. The highest BCUT2D eigenvalue weighted by Crippen LogP contribution is 2.46. The quantitative estimate of drug-likeness (QED) is 0.180. The van der Waals surface area contributed by atoms with E-state index in [9.17, 15) is 0 Å². The maximum Gasteiger partial charge on any atom is 0.136 e. The molecule has 0 N–H and O–H groups in total. The Morgan fingerprint density at radius 1 is 0.260 bits per heavy atom. The van der Waals surface area contributed by atoms with Gasteiger partial charge < -0.3 is 8.83 Å². The van der Waals surface area contributed by atoms with Crippen molar-refractivity contribution in [3.05, 3.63) is 170 Å². The van der Waals surface area contributed by atoms with Crippen LogP contribution < -0.4 is 0 Å². The predicted octanol–water partition coefficient (Wildman–Crippen LogP) is 13.9. The Kier molecular flexibility index (Phi) is 5.70. The fourth-order valence-corrected chi connectivity index (χ4v) is 8.20. The lowest BCUT2D eigenvalue weighted by Crippen LogP contribution is -1.92. The van der Waals surface area contributed by atoms with Gasteiger partial charge in [-0.05, 0) is 102 Å². The van der Waals surface area contributed by atoms with E-state index in [1.165, 1.54) is 54.6 Å². The van der Waals surface area contributed by atoms with E-state index in [4.69, 9.17) is 8.83 Å². The molecular formula is C48H28O2. The molecule has 11 aromatic rings. The minimum absolute atomic E-state index is 0.870. The van der Waals surface area contributed by atoms with Crippen molar-refractivity contribution in [1.29, 1.82) is 0 Å². The van der Waals surface area contributed by atoms with Crippen LogP contribution in [0.5, 0.6) is 0 Å². The molecule has 0 spiro atoms. The Labute approximate surface area is 287 Å². The van der Waals surface area contributed by atoms with Gasteiger partial charge in [-0.1, -0.05) is 133 Å². The molecule has 0 bridgehead atoms. The SMILES string of the molecule is c1cc(-c2ccc3c(c2)oc2cc4c(cc23)oc2ccccc24)cc(-c2c3ccccc3c(-c3cccc4ccccc34)c3ccccc23)c1. The lowest BCUT2D eigenvalue weighted by Gasteiger charge is -2.19. The highest BCUT2D eigenvalue weighted by molar-refractivity contribution is 6.23. The van der Waals surface area contributed by atoms with E-state index in [2.05, 4.69) is 152 Å². The van der Waals surface area contributed by atoms with E-state index in [0.29, 0.717) is 0 Å². The molecule has 232 valence electrons. The van der Waals surface area contributed by atoms with Crippen LogP contribution in [0.3, 0.4) is 0 Å². The molecule has 2 aromatic heterocycles. The van der Waals surface area contributed by atoms with Gasteiger partial charge in [-0.15, -0.1) is 0 Å². The van der Waals surface area contributed by atoms with Crippen molar-refractivity contribution >= 4 is 76.2 Å². The molecule has 0 aliphatic carbocycles. The molecule has 0 saturated carbocycles.